The molecule has 0 saturated carbocycles. The molecule has 0 unspecified atom stereocenters. The Morgan fingerprint density at radius 3 is 2.44 bits per heavy atom. The molecule has 1 amide bonds. The lowest BCUT2D eigenvalue weighted by atomic mass is 10.1. The number of anilines is 1. The van der Waals surface area contributed by atoms with Gasteiger partial charge in [0.1, 0.15) is 11.0 Å². The highest BCUT2D eigenvalue weighted by molar-refractivity contribution is 6.30. The molecular weight excluding hydrogens is 338 g/mol. The smallest absolute Gasteiger partial charge is 0.231 e. The molecule has 25 heavy (non-hydrogen) atoms. The molecule has 1 fully saturated rings. The lowest BCUT2D eigenvalue weighted by Gasteiger charge is -2.35. The number of carbonyl (C=O) groups is 1. The fraction of sp³-hybridized carbons (Fsp3) is 0.389. The van der Waals surface area contributed by atoms with Gasteiger partial charge in [-0.25, -0.2) is 9.97 Å². The summed E-state index contributed by atoms with van der Waals surface area (Å²) in [5, 5.41) is 0.505. The van der Waals surface area contributed by atoms with Crippen molar-refractivity contribution in [1.29, 1.82) is 0 Å². The SMILES string of the molecule is CCc1c(Cl)nc(-c2ccccc2)nc1N1CCN(CC(N)=O)CC1. The quantitative estimate of drug-likeness (QED) is 0.826. The number of nitrogens with zero attached hydrogens (tertiary/aromatic N) is 4. The molecule has 1 aromatic carbocycles. The number of carbonyl (C=O) groups excluding carboxylic acids is 1. The van der Waals surface area contributed by atoms with Crippen LogP contribution in [0.3, 0.4) is 0 Å². The van der Waals surface area contributed by atoms with E-state index in [0.29, 0.717) is 17.5 Å². The zero-order chi connectivity index (χ0) is 17.8. The molecule has 0 bridgehead atoms. The lowest BCUT2D eigenvalue weighted by Crippen LogP contribution is -2.49. The number of piperazine rings is 1. The van der Waals surface area contributed by atoms with Crippen LogP contribution in [-0.4, -0.2) is 53.5 Å². The number of nitrogens with two attached hydrogens (primary N) is 1. The Morgan fingerprint density at radius 1 is 1.16 bits per heavy atom. The Balaban J connectivity index is 1.87. The summed E-state index contributed by atoms with van der Waals surface area (Å²) in [4.78, 5) is 24.7. The molecule has 1 aliphatic rings. The summed E-state index contributed by atoms with van der Waals surface area (Å²) >= 11 is 6.45. The molecule has 0 atom stereocenters. The third-order valence-corrected chi connectivity index (χ3v) is 4.68. The van der Waals surface area contributed by atoms with Crippen LogP contribution in [0.2, 0.25) is 5.15 Å². The summed E-state index contributed by atoms with van der Waals surface area (Å²) in [5.74, 6) is 1.23. The van der Waals surface area contributed by atoms with Gasteiger partial charge >= 0.3 is 0 Å². The van der Waals surface area contributed by atoms with E-state index in [2.05, 4.69) is 21.7 Å². The van der Waals surface area contributed by atoms with Crippen LogP contribution in [-0.2, 0) is 11.2 Å². The summed E-state index contributed by atoms with van der Waals surface area (Å²) in [6.45, 7) is 5.46. The van der Waals surface area contributed by atoms with Crippen LogP contribution in [0.1, 0.15) is 12.5 Å². The van der Waals surface area contributed by atoms with Crippen LogP contribution in [0, 0.1) is 0 Å². The van der Waals surface area contributed by atoms with Crippen molar-refractivity contribution < 1.29 is 4.79 Å². The Hall–Kier alpha value is -2.18. The van der Waals surface area contributed by atoms with Gasteiger partial charge in [-0.15, -0.1) is 0 Å². The third kappa shape index (κ3) is 4.08. The number of benzene rings is 1. The van der Waals surface area contributed by atoms with Crippen molar-refractivity contribution in [3.05, 3.63) is 41.0 Å². The minimum atomic E-state index is -0.292. The van der Waals surface area contributed by atoms with Gasteiger partial charge in [0.05, 0.1) is 6.54 Å². The van der Waals surface area contributed by atoms with Gasteiger partial charge in [-0.2, -0.15) is 0 Å². The summed E-state index contributed by atoms with van der Waals surface area (Å²) in [6.07, 6.45) is 0.769. The largest absolute Gasteiger partial charge is 0.369 e. The van der Waals surface area contributed by atoms with Gasteiger partial charge < -0.3 is 10.6 Å². The Labute approximate surface area is 152 Å². The first-order valence-electron chi connectivity index (χ1n) is 8.46. The van der Waals surface area contributed by atoms with E-state index >= 15 is 0 Å². The van der Waals surface area contributed by atoms with E-state index in [-0.39, 0.29) is 5.91 Å². The van der Waals surface area contributed by atoms with E-state index in [1.54, 1.807) is 0 Å². The average molecular weight is 360 g/mol. The summed E-state index contributed by atoms with van der Waals surface area (Å²) in [7, 11) is 0. The second kappa shape index (κ2) is 7.80. The first-order valence-corrected chi connectivity index (χ1v) is 8.83. The van der Waals surface area contributed by atoms with E-state index in [9.17, 15) is 4.79 Å². The van der Waals surface area contributed by atoms with Crippen LogP contribution >= 0.6 is 11.6 Å². The fourth-order valence-electron chi connectivity index (χ4n) is 3.07. The molecule has 132 valence electrons. The van der Waals surface area contributed by atoms with E-state index in [0.717, 1.165) is 49.5 Å². The molecule has 3 rings (SSSR count). The predicted molar refractivity (Wildman–Crippen MR) is 99.7 cm³/mol. The van der Waals surface area contributed by atoms with Gasteiger partial charge in [0, 0.05) is 37.3 Å². The highest BCUT2D eigenvalue weighted by Gasteiger charge is 2.23. The first kappa shape index (κ1) is 17.6. The number of hydrogen-bond donors (Lipinski definition) is 1. The molecule has 1 saturated heterocycles. The molecular formula is C18H22ClN5O. The highest BCUT2D eigenvalue weighted by Crippen LogP contribution is 2.29. The second-order valence-corrected chi connectivity index (χ2v) is 6.45. The van der Waals surface area contributed by atoms with Gasteiger partial charge in [-0.1, -0.05) is 48.9 Å². The molecule has 2 N–H and O–H groups in total. The van der Waals surface area contributed by atoms with Crippen molar-refractivity contribution in [2.24, 2.45) is 5.73 Å². The maximum Gasteiger partial charge on any atom is 0.231 e. The van der Waals surface area contributed by atoms with Crippen molar-refractivity contribution >= 4 is 23.3 Å². The lowest BCUT2D eigenvalue weighted by molar-refractivity contribution is -0.119. The van der Waals surface area contributed by atoms with Crippen molar-refractivity contribution in [3.8, 4) is 11.4 Å². The van der Waals surface area contributed by atoms with Crippen LogP contribution < -0.4 is 10.6 Å². The Kier molecular flexibility index (Phi) is 5.50. The van der Waals surface area contributed by atoms with Crippen molar-refractivity contribution in [2.45, 2.75) is 13.3 Å². The second-order valence-electron chi connectivity index (χ2n) is 6.09. The standard InChI is InChI=1S/C18H22ClN5O/c1-2-14-16(19)21-17(13-6-4-3-5-7-13)22-18(14)24-10-8-23(9-11-24)12-15(20)25/h3-7H,2,8-12H2,1H3,(H2,20,25). The minimum absolute atomic E-state index is 0.292. The van der Waals surface area contributed by atoms with E-state index in [4.69, 9.17) is 22.3 Å². The van der Waals surface area contributed by atoms with Crippen molar-refractivity contribution in [3.63, 3.8) is 0 Å². The molecule has 1 aromatic heterocycles. The van der Waals surface area contributed by atoms with Gasteiger partial charge in [-0.3, -0.25) is 9.69 Å². The predicted octanol–water partition coefficient (Wildman–Crippen LogP) is 1.97. The fourth-order valence-corrected chi connectivity index (χ4v) is 3.36. The van der Waals surface area contributed by atoms with Crippen LogP contribution in [0.4, 0.5) is 5.82 Å². The van der Waals surface area contributed by atoms with Gasteiger partial charge in [0.15, 0.2) is 5.82 Å². The molecule has 0 spiro atoms. The molecule has 7 heteroatoms. The Morgan fingerprint density at radius 2 is 1.84 bits per heavy atom. The van der Waals surface area contributed by atoms with E-state index in [1.165, 1.54) is 0 Å². The number of halogens is 1. The monoisotopic (exact) mass is 359 g/mol. The van der Waals surface area contributed by atoms with Gasteiger partial charge in [-0.05, 0) is 6.42 Å². The zero-order valence-corrected chi connectivity index (χ0v) is 15.0. The topological polar surface area (TPSA) is 75.3 Å². The maximum absolute atomic E-state index is 11.1. The number of amides is 1. The minimum Gasteiger partial charge on any atom is -0.369 e. The number of hydrogen-bond acceptors (Lipinski definition) is 5. The third-order valence-electron chi connectivity index (χ3n) is 4.37. The van der Waals surface area contributed by atoms with Crippen molar-refractivity contribution in [2.75, 3.05) is 37.6 Å². The molecule has 6 nitrogen and oxygen atoms in total. The first-order chi connectivity index (χ1) is 12.1. The molecule has 2 heterocycles. The summed E-state index contributed by atoms with van der Waals surface area (Å²) in [6, 6.07) is 9.84. The number of rotatable bonds is 5. The van der Waals surface area contributed by atoms with Gasteiger partial charge in [0.2, 0.25) is 5.91 Å². The van der Waals surface area contributed by atoms with Crippen LogP contribution in [0.15, 0.2) is 30.3 Å². The van der Waals surface area contributed by atoms with Crippen LogP contribution in [0.5, 0.6) is 0 Å². The van der Waals surface area contributed by atoms with Crippen LogP contribution in [0.25, 0.3) is 11.4 Å². The van der Waals surface area contributed by atoms with Gasteiger partial charge in [0.25, 0.3) is 0 Å². The van der Waals surface area contributed by atoms with E-state index < -0.39 is 0 Å². The molecule has 0 aliphatic carbocycles. The molecule has 1 aliphatic heterocycles. The summed E-state index contributed by atoms with van der Waals surface area (Å²) in [5.41, 5.74) is 7.19. The summed E-state index contributed by atoms with van der Waals surface area (Å²) < 4.78 is 0. The number of primary amides is 1. The zero-order valence-electron chi connectivity index (χ0n) is 14.3. The normalized spacial score (nSPS) is 15.4. The maximum atomic E-state index is 11.1. The molecule has 0 radical (unpaired) electrons. The average Bonchev–Trinajstić information content (AvgIpc) is 2.62. The Bertz CT molecular complexity index is 745. The molecule has 2 aromatic rings. The number of aromatic nitrogens is 2. The van der Waals surface area contributed by atoms with Crippen molar-refractivity contribution in [1.82, 2.24) is 14.9 Å². The van der Waals surface area contributed by atoms with E-state index in [1.807, 2.05) is 30.3 Å². The highest BCUT2D eigenvalue weighted by atomic mass is 35.5.